The maximum Gasteiger partial charge on any atom is 0.348 e. The van der Waals surface area contributed by atoms with Crippen LogP contribution in [0.5, 0.6) is 0 Å². The van der Waals surface area contributed by atoms with Crippen LogP contribution in [0.3, 0.4) is 0 Å². The first-order valence-corrected chi connectivity index (χ1v) is 10.0. The summed E-state index contributed by atoms with van der Waals surface area (Å²) < 4.78 is 10.1. The summed E-state index contributed by atoms with van der Waals surface area (Å²) in [5, 5.41) is 5.52. The molecule has 0 saturated heterocycles. The highest BCUT2D eigenvalue weighted by molar-refractivity contribution is 7.18. The average molecular weight is 428 g/mol. The van der Waals surface area contributed by atoms with Crippen molar-refractivity contribution < 1.29 is 28.7 Å². The van der Waals surface area contributed by atoms with Crippen LogP contribution in [-0.2, 0) is 14.3 Å². The van der Waals surface area contributed by atoms with Crippen LogP contribution in [0.25, 0.3) is 0 Å². The smallest absolute Gasteiger partial charge is 0.348 e. The van der Waals surface area contributed by atoms with Crippen LogP contribution in [0.15, 0.2) is 0 Å². The number of likely N-dealkylation sites (N-methyl/N-ethyl adjacent to an activating group) is 1. The lowest BCUT2D eigenvalue weighted by molar-refractivity contribution is -0.122. The summed E-state index contributed by atoms with van der Waals surface area (Å²) in [6.45, 7) is 10.6. The van der Waals surface area contributed by atoms with Crippen LogP contribution in [0, 0.1) is 6.92 Å². The largest absolute Gasteiger partial charge is 0.462 e. The predicted molar refractivity (Wildman–Crippen MR) is 111 cm³/mol. The third kappa shape index (κ3) is 7.04. The summed E-state index contributed by atoms with van der Waals surface area (Å²) in [5.41, 5.74) is 0.0429. The lowest BCUT2D eigenvalue weighted by atomic mass is 10.1. The summed E-state index contributed by atoms with van der Waals surface area (Å²) >= 11 is 0.928. The predicted octanol–water partition coefficient (Wildman–Crippen LogP) is 2.79. The Morgan fingerprint density at radius 1 is 1.03 bits per heavy atom. The monoisotopic (exact) mass is 427 g/mol. The number of thiophene rings is 1. The van der Waals surface area contributed by atoms with Crippen molar-refractivity contribution in [3.05, 3.63) is 16.0 Å². The Hall–Kier alpha value is -2.62. The van der Waals surface area contributed by atoms with Crippen LogP contribution in [-0.4, -0.2) is 61.1 Å². The molecule has 2 N–H and O–H groups in total. The standard InChI is InChI=1S/C19H29N3O6S/c1-8-27-16(24)13-11(3)14(17(25)28-9-2)29-15(13)20-18(26)22(7)10-12(23)21-19(4,5)6/h8-10H2,1-7H3,(H,20,26)(H,21,23). The van der Waals surface area contributed by atoms with Crippen molar-refractivity contribution in [3.63, 3.8) is 0 Å². The number of nitrogens with one attached hydrogen (secondary N) is 2. The quantitative estimate of drug-likeness (QED) is 0.647. The second kappa shape index (κ2) is 10.2. The second-order valence-corrected chi connectivity index (χ2v) is 8.31. The minimum absolute atomic E-state index is 0.0980. The highest BCUT2D eigenvalue weighted by atomic mass is 32.1. The van der Waals surface area contributed by atoms with E-state index in [-0.39, 0.29) is 41.1 Å². The number of nitrogens with zero attached hydrogens (tertiary/aromatic N) is 1. The molecule has 0 spiro atoms. The van der Waals surface area contributed by atoms with Crippen LogP contribution in [0.4, 0.5) is 9.80 Å². The van der Waals surface area contributed by atoms with E-state index in [0.29, 0.717) is 5.56 Å². The second-order valence-electron chi connectivity index (χ2n) is 7.29. The SMILES string of the molecule is CCOC(=O)c1sc(NC(=O)N(C)CC(=O)NC(C)(C)C)c(C(=O)OCC)c1C. The highest BCUT2D eigenvalue weighted by Crippen LogP contribution is 2.34. The van der Waals surface area contributed by atoms with Gasteiger partial charge in [-0.3, -0.25) is 10.1 Å². The molecule has 10 heteroatoms. The minimum atomic E-state index is -0.653. The zero-order valence-corrected chi connectivity index (χ0v) is 18.7. The van der Waals surface area contributed by atoms with Crippen molar-refractivity contribution in [2.75, 3.05) is 32.1 Å². The molecule has 9 nitrogen and oxygen atoms in total. The van der Waals surface area contributed by atoms with Gasteiger partial charge < -0.3 is 19.7 Å². The number of esters is 2. The van der Waals surface area contributed by atoms with Gasteiger partial charge in [-0.1, -0.05) is 0 Å². The Balaban J connectivity index is 3.07. The fraction of sp³-hybridized carbons (Fsp3) is 0.579. The maximum absolute atomic E-state index is 12.5. The minimum Gasteiger partial charge on any atom is -0.462 e. The number of carbonyl (C=O) groups excluding carboxylic acids is 4. The third-order valence-electron chi connectivity index (χ3n) is 3.55. The van der Waals surface area contributed by atoms with E-state index in [4.69, 9.17) is 9.47 Å². The number of amides is 3. The molecule has 0 fully saturated rings. The first-order chi connectivity index (χ1) is 13.4. The van der Waals surface area contributed by atoms with Gasteiger partial charge in [-0.25, -0.2) is 14.4 Å². The van der Waals surface area contributed by atoms with E-state index in [9.17, 15) is 19.2 Å². The zero-order valence-electron chi connectivity index (χ0n) is 17.9. The van der Waals surface area contributed by atoms with Gasteiger partial charge in [0.15, 0.2) is 0 Å². The molecule has 3 amide bonds. The van der Waals surface area contributed by atoms with Gasteiger partial charge in [0.1, 0.15) is 16.4 Å². The number of carbonyl (C=O) groups is 4. The topological polar surface area (TPSA) is 114 Å². The van der Waals surface area contributed by atoms with Gasteiger partial charge in [-0.05, 0) is 47.1 Å². The van der Waals surface area contributed by atoms with Crippen LogP contribution in [0.2, 0.25) is 0 Å². The van der Waals surface area contributed by atoms with E-state index in [2.05, 4.69) is 10.6 Å². The first-order valence-electron chi connectivity index (χ1n) is 9.22. The summed E-state index contributed by atoms with van der Waals surface area (Å²) in [5.74, 6) is -1.56. The van der Waals surface area contributed by atoms with Gasteiger partial charge in [-0.2, -0.15) is 0 Å². The van der Waals surface area contributed by atoms with E-state index in [1.807, 2.05) is 20.8 Å². The fourth-order valence-electron chi connectivity index (χ4n) is 2.38. The average Bonchev–Trinajstić information content (AvgIpc) is 2.89. The van der Waals surface area contributed by atoms with Crippen LogP contribution < -0.4 is 10.6 Å². The molecule has 0 aromatic carbocycles. The summed E-state index contributed by atoms with van der Waals surface area (Å²) in [6, 6.07) is -0.601. The molecule has 0 aliphatic heterocycles. The van der Waals surface area contributed by atoms with E-state index < -0.39 is 23.5 Å². The Labute approximate surface area is 174 Å². The van der Waals surface area contributed by atoms with Crippen molar-refractivity contribution in [3.8, 4) is 0 Å². The molecular weight excluding hydrogens is 398 g/mol. The van der Waals surface area contributed by atoms with Crippen molar-refractivity contribution >= 4 is 40.2 Å². The molecule has 1 aromatic rings. The first kappa shape index (κ1) is 24.4. The molecule has 29 heavy (non-hydrogen) atoms. The lowest BCUT2D eigenvalue weighted by Gasteiger charge is -2.23. The van der Waals surface area contributed by atoms with Gasteiger partial charge in [0.05, 0.1) is 18.8 Å². The highest BCUT2D eigenvalue weighted by Gasteiger charge is 2.28. The zero-order chi connectivity index (χ0) is 22.4. The summed E-state index contributed by atoms with van der Waals surface area (Å²) in [7, 11) is 1.45. The van der Waals surface area contributed by atoms with E-state index in [1.165, 1.54) is 11.9 Å². The maximum atomic E-state index is 12.5. The van der Waals surface area contributed by atoms with Crippen molar-refractivity contribution in [2.45, 2.75) is 47.1 Å². The molecule has 1 heterocycles. The third-order valence-corrected chi connectivity index (χ3v) is 4.74. The Bertz CT molecular complexity index is 782. The van der Waals surface area contributed by atoms with E-state index in [0.717, 1.165) is 11.3 Å². The normalized spacial score (nSPS) is 10.9. The van der Waals surface area contributed by atoms with E-state index in [1.54, 1.807) is 20.8 Å². The Morgan fingerprint density at radius 3 is 2.10 bits per heavy atom. The molecular formula is C19H29N3O6S. The van der Waals surface area contributed by atoms with Crippen LogP contribution >= 0.6 is 11.3 Å². The Kier molecular flexibility index (Phi) is 8.62. The number of ether oxygens (including phenoxy) is 2. The molecule has 0 unspecified atom stereocenters. The number of urea groups is 1. The molecule has 0 saturated carbocycles. The van der Waals surface area contributed by atoms with Gasteiger partial charge >= 0.3 is 18.0 Å². The van der Waals surface area contributed by atoms with Crippen molar-refractivity contribution in [1.29, 1.82) is 0 Å². The molecule has 0 bridgehead atoms. The molecule has 1 rings (SSSR count). The van der Waals surface area contributed by atoms with E-state index >= 15 is 0 Å². The number of rotatable bonds is 7. The number of hydrogen-bond acceptors (Lipinski definition) is 7. The molecule has 0 atom stereocenters. The number of hydrogen-bond donors (Lipinski definition) is 2. The molecule has 0 aliphatic rings. The van der Waals surface area contributed by atoms with Gasteiger partial charge in [0.25, 0.3) is 0 Å². The Morgan fingerprint density at radius 2 is 1.59 bits per heavy atom. The number of anilines is 1. The van der Waals surface area contributed by atoms with Gasteiger partial charge in [0, 0.05) is 12.6 Å². The van der Waals surface area contributed by atoms with Crippen LogP contribution in [0.1, 0.15) is 60.2 Å². The van der Waals surface area contributed by atoms with Gasteiger partial charge in [0.2, 0.25) is 5.91 Å². The summed E-state index contributed by atoms with van der Waals surface area (Å²) in [6.07, 6.45) is 0. The van der Waals surface area contributed by atoms with Crippen molar-refractivity contribution in [2.24, 2.45) is 0 Å². The summed E-state index contributed by atoms with van der Waals surface area (Å²) in [4.78, 5) is 50.5. The molecule has 1 aromatic heterocycles. The fourth-order valence-corrected chi connectivity index (χ4v) is 3.46. The van der Waals surface area contributed by atoms with Gasteiger partial charge in [-0.15, -0.1) is 11.3 Å². The molecule has 0 aliphatic carbocycles. The van der Waals surface area contributed by atoms with Crippen molar-refractivity contribution in [1.82, 2.24) is 10.2 Å². The lowest BCUT2D eigenvalue weighted by Crippen LogP contribution is -2.47. The molecule has 0 radical (unpaired) electrons. The molecule has 162 valence electrons.